The fraction of sp³-hybridized carbons (Fsp3) is 0.741. The van der Waals surface area contributed by atoms with Crippen LogP contribution in [0.2, 0.25) is 0 Å². The molecule has 0 aliphatic heterocycles. The topological polar surface area (TPSA) is 71.1 Å². The van der Waals surface area contributed by atoms with Crippen LogP contribution in [-0.4, -0.2) is 79.1 Å². The van der Waals surface area contributed by atoms with Gasteiger partial charge in [-0.25, -0.2) is 0 Å². The van der Waals surface area contributed by atoms with Gasteiger partial charge in [0.1, 0.15) is 0 Å². The maximum absolute atomic E-state index is 11.4. The normalized spacial score (nSPS) is 15.8. The van der Waals surface area contributed by atoms with E-state index in [1.807, 2.05) is 18.2 Å². The van der Waals surface area contributed by atoms with E-state index in [0.29, 0.717) is 12.1 Å². The third-order valence-electron chi connectivity index (χ3n) is 8.81. The maximum atomic E-state index is 11.4. The molecule has 1 heterocycles. The Balaban J connectivity index is 3.02. The first kappa shape index (κ1) is 30.0. The van der Waals surface area contributed by atoms with Gasteiger partial charge in [-0.05, 0) is 66.5 Å². The van der Waals surface area contributed by atoms with Crippen molar-refractivity contribution in [2.24, 2.45) is 0 Å². The fourth-order valence-electron chi connectivity index (χ4n) is 4.79. The summed E-state index contributed by atoms with van der Waals surface area (Å²) in [6.45, 7) is 17.9. The molecule has 2 amide bonds. The molecular formula is C27H51N5O2+2. The Labute approximate surface area is 208 Å². The summed E-state index contributed by atoms with van der Waals surface area (Å²) in [5.41, 5.74) is 1.71. The summed E-state index contributed by atoms with van der Waals surface area (Å²) in [6.07, 6.45) is 5.19. The second-order valence-corrected chi connectivity index (χ2v) is 10.2. The molecule has 4 unspecified atom stereocenters. The van der Waals surface area contributed by atoms with Crippen molar-refractivity contribution in [3.63, 3.8) is 0 Å². The Hall–Kier alpha value is -1.99. The number of hydrogen-bond donors (Lipinski definition) is 2. The third-order valence-corrected chi connectivity index (χ3v) is 8.81. The number of hydrogen-bond acceptors (Lipinski definition) is 3. The van der Waals surface area contributed by atoms with Crippen LogP contribution in [0.15, 0.2) is 18.2 Å². The van der Waals surface area contributed by atoms with Gasteiger partial charge in [-0.2, -0.15) is 0 Å². The van der Waals surface area contributed by atoms with Gasteiger partial charge in [-0.1, -0.05) is 6.07 Å². The molecule has 4 atom stereocenters. The molecule has 194 valence electrons. The van der Waals surface area contributed by atoms with Gasteiger partial charge < -0.3 is 19.6 Å². The minimum Gasteiger partial charge on any atom is -0.350 e. The third kappa shape index (κ3) is 8.05. The Kier molecular flexibility index (Phi) is 12.7. The summed E-state index contributed by atoms with van der Waals surface area (Å²) in [6, 6.07) is 6.64. The highest BCUT2D eigenvalue weighted by atomic mass is 16.1. The molecule has 7 nitrogen and oxygen atoms in total. The summed E-state index contributed by atoms with van der Waals surface area (Å²) in [7, 11) is 4.59. The van der Waals surface area contributed by atoms with Crippen molar-refractivity contribution >= 4 is 12.8 Å². The number of amides is 2. The van der Waals surface area contributed by atoms with Crippen LogP contribution in [0.5, 0.6) is 0 Å². The van der Waals surface area contributed by atoms with Crippen LogP contribution >= 0.6 is 0 Å². The van der Waals surface area contributed by atoms with E-state index in [9.17, 15) is 9.59 Å². The van der Waals surface area contributed by atoms with Gasteiger partial charge in [0.05, 0.1) is 75.8 Å². The molecule has 2 N–H and O–H groups in total. The van der Waals surface area contributed by atoms with E-state index in [-0.39, 0.29) is 12.1 Å². The van der Waals surface area contributed by atoms with Crippen LogP contribution < -0.4 is 10.6 Å². The summed E-state index contributed by atoms with van der Waals surface area (Å²) in [5.74, 6) is 0. The van der Waals surface area contributed by atoms with Gasteiger partial charge in [-0.15, -0.1) is 0 Å². The SMILES string of the molecule is CC[N+](C)(CC)C(C)CCC(NC=O)c1cccc(C(CCC(C)[N+](C)(CC)CC)NC=O)n1. The first-order chi connectivity index (χ1) is 16.1. The van der Waals surface area contributed by atoms with E-state index in [2.05, 4.69) is 66.3 Å². The highest BCUT2D eigenvalue weighted by Crippen LogP contribution is 2.25. The molecule has 1 aromatic heterocycles. The van der Waals surface area contributed by atoms with Gasteiger partial charge in [0.25, 0.3) is 0 Å². The minimum atomic E-state index is -0.141. The Morgan fingerprint density at radius 2 is 1.09 bits per heavy atom. The fourth-order valence-corrected chi connectivity index (χ4v) is 4.79. The Morgan fingerprint density at radius 3 is 1.38 bits per heavy atom. The summed E-state index contributed by atoms with van der Waals surface area (Å²) in [5, 5.41) is 5.97. The number of nitrogens with one attached hydrogen (secondary N) is 2. The number of rotatable bonds is 18. The monoisotopic (exact) mass is 477 g/mol. The Bertz CT molecular complexity index is 676. The smallest absolute Gasteiger partial charge is 0.207 e. The standard InChI is InChI=1S/C27H49N5O2/c1-9-31(7,10-2)22(5)16-18-24(28-20-33)26-14-13-15-27(30-26)25(29-21-34)19-17-23(6)32(8,11-3)12-4/h13-15,20-25H,9-12,16-19H2,1-8H3/p+2. The zero-order valence-electron chi connectivity index (χ0n) is 23.0. The van der Waals surface area contributed by atoms with Crippen LogP contribution in [0.4, 0.5) is 0 Å². The summed E-state index contributed by atoms with van der Waals surface area (Å²) in [4.78, 5) is 27.7. The zero-order chi connectivity index (χ0) is 25.8. The van der Waals surface area contributed by atoms with Crippen molar-refractivity contribution in [1.29, 1.82) is 0 Å². The second-order valence-electron chi connectivity index (χ2n) is 10.2. The molecule has 34 heavy (non-hydrogen) atoms. The Morgan fingerprint density at radius 1 is 0.735 bits per heavy atom. The van der Waals surface area contributed by atoms with Crippen LogP contribution in [0, 0.1) is 0 Å². The van der Waals surface area contributed by atoms with E-state index in [1.165, 1.54) is 0 Å². The van der Waals surface area contributed by atoms with Crippen molar-refractivity contribution < 1.29 is 18.6 Å². The molecule has 0 radical (unpaired) electrons. The predicted octanol–water partition coefficient (Wildman–Crippen LogP) is 3.97. The lowest BCUT2D eigenvalue weighted by Crippen LogP contribution is -2.50. The molecule has 0 aliphatic carbocycles. The summed E-state index contributed by atoms with van der Waals surface area (Å²) >= 11 is 0. The van der Waals surface area contributed by atoms with Crippen molar-refractivity contribution in [2.75, 3.05) is 40.3 Å². The molecule has 0 aliphatic rings. The highest BCUT2D eigenvalue weighted by molar-refractivity contribution is 5.48. The van der Waals surface area contributed by atoms with E-state index in [0.717, 1.165) is 85.0 Å². The maximum Gasteiger partial charge on any atom is 0.207 e. The average Bonchev–Trinajstić information content (AvgIpc) is 2.87. The lowest BCUT2D eigenvalue weighted by molar-refractivity contribution is -0.928. The molecule has 1 rings (SSSR count). The van der Waals surface area contributed by atoms with E-state index in [4.69, 9.17) is 4.98 Å². The molecule has 0 saturated heterocycles. The molecule has 1 aromatic rings. The molecule has 0 bridgehead atoms. The van der Waals surface area contributed by atoms with Crippen molar-refractivity contribution in [3.8, 4) is 0 Å². The zero-order valence-corrected chi connectivity index (χ0v) is 23.0. The second kappa shape index (κ2) is 14.4. The number of nitrogens with zero attached hydrogens (tertiary/aromatic N) is 3. The minimum absolute atomic E-state index is 0.141. The number of aromatic nitrogens is 1. The molecule has 7 heteroatoms. The number of pyridine rings is 1. The van der Waals surface area contributed by atoms with Gasteiger partial charge in [0.15, 0.2) is 0 Å². The highest BCUT2D eigenvalue weighted by Gasteiger charge is 2.28. The largest absolute Gasteiger partial charge is 0.350 e. The molecule has 0 fully saturated rings. The van der Waals surface area contributed by atoms with E-state index < -0.39 is 0 Å². The first-order valence-corrected chi connectivity index (χ1v) is 13.2. The number of quaternary nitrogens is 2. The number of carbonyl (C=O) groups is 2. The van der Waals surface area contributed by atoms with Crippen LogP contribution in [0.25, 0.3) is 0 Å². The summed E-state index contributed by atoms with van der Waals surface area (Å²) < 4.78 is 2.02. The average molecular weight is 478 g/mol. The lowest BCUT2D eigenvalue weighted by Gasteiger charge is -2.39. The van der Waals surface area contributed by atoms with Crippen LogP contribution in [0.1, 0.15) is 90.7 Å². The quantitative estimate of drug-likeness (QED) is 0.248. The number of carbonyl (C=O) groups excluding carboxylic acids is 2. The predicted molar refractivity (Wildman–Crippen MR) is 140 cm³/mol. The van der Waals surface area contributed by atoms with Crippen LogP contribution in [-0.2, 0) is 9.59 Å². The van der Waals surface area contributed by atoms with Crippen molar-refractivity contribution in [1.82, 2.24) is 15.6 Å². The van der Waals surface area contributed by atoms with E-state index >= 15 is 0 Å². The van der Waals surface area contributed by atoms with Gasteiger partial charge in [0.2, 0.25) is 12.8 Å². The lowest BCUT2D eigenvalue weighted by atomic mass is 9.99. The molecule has 0 saturated carbocycles. The van der Waals surface area contributed by atoms with E-state index in [1.54, 1.807) is 0 Å². The van der Waals surface area contributed by atoms with Crippen molar-refractivity contribution in [2.45, 2.75) is 91.4 Å². The van der Waals surface area contributed by atoms with Crippen molar-refractivity contribution in [3.05, 3.63) is 29.6 Å². The van der Waals surface area contributed by atoms with Gasteiger partial charge >= 0.3 is 0 Å². The van der Waals surface area contributed by atoms with Gasteiger partial charge in [0, 0.05) is 12.8 Å². The molecule has 0 aromatic carbocycles. The molecular weight excluding hydrogens is 426 g/mol. The first-order valence-electron chi connectivity index (χ1n) is 13.2. The van der Waals surface area contributed by atoms with Crippen LogP contribution in [0.3, 0.4) is 0 Å². The van der Waals surface area contributed by atoms with Gasteiger partial charge in [-0.3, -0.25) is 14.6 Å². The molecule has 0 spiro atoms.